The average Bonchev–Trinajstić information content (AvgIpc) is 2.22. The van der Waals surface area contributed by atoms with Gasteiger partial charge in [-0.15, -0.1) is 0 Å². The minimum Gasteiger partial charge on any atom is -0.369 e. The van der Waals surface area contributed by atoms with Gasteiger partial charge in [-0.05, 0) is 12.0 Å². The Labute approximate surface area is 87.6 Å². The van der Waals surface area contributed by atoms with Crippen LogP contribution in [0, 0.1) is 5.92 Å². The van der Waals surface area contributed by atoms with Crippen molar-refractivity contribution in [3.05, 3.63) is 35.9 Å². The van der Waals surface area contributed by atoms with Crippen molar-refractivity contribution in [1.29, 1.82) is 0 Å². The SMILES string of the molecule is CC.C[C@@H](Cc1ccccc1)C(N)=O.[HH]. The van der Waals surface area contributed by atoms with E-state index in [9.17, 15) is 4.79 Å². The van der Waals surface area contributed by atoms with Crippen LogP contribution in [0.3, 0.4) is 0 Å². The molecule has 0 spiro atoms. The number of benzene rings is 1. The quantitative estimate of drug-likeness (QED) is 0.791. The molecule has 0 radical (unpaired) electrons. The van der Waals surface area contributed by atoms with Crippen LogP contribution in [0.25, 0.3) is 0 Å². The third-order valence-corrected chi connectivity index (χ3v) is 1.87. The summed E-state index contributed by atoms with van der Waals surface area (Å²) in [6, 6.07) is 9.88. The summed E-state index contributed by atoms with van der Waals surface area (Å²) < 4.78 is 0. The summed E-state index contributed by atoms with van der Waals surface area (Å²) in [5, 5.41) is 0. The number of hydrogen-bond acceptors (Lipinski definition) is 1. The highest BCUT2D eigenvalue weighted by molar-refractivity contribution is 5.76. The van der Waals surface area contributed by atoms with E-state index in [0.29, 0.717) is 0 Å². The van der Waals surface area contributed by atoms with E-state index in [1.165, 1.54) is 0 Å². The first-order valence-corrected chi connectivity index (χ1v) is 5.03. The van der Waals surface area contributed by atoms with Crippen molar-refractivity contribution in [1.82, 2.24) is 0 Å². The summed E-state index contributed by atoms with van der Waals surface area (Å²) in [6.07, 6.45) is 0.732. The lowest BCUT2D eigenvalue weighted by atomic mass is 10.0. The molecule has 0 fully saturated rings. The van der Waals surface area contributed by atoms with Gasteiger partial charge >= 0.3 is 0 Å². The predicted octanol–water partition coefficient (Wildman–Crippen LogP) is 2.62. The fraction of sp³-hybridized carbons (Fsp3) is 0.417. The summed E-state index contributed by atoms with van der Waals surface area (Å²) in [7, 11) is 0. The van der Waals surface area contributed by atoms with E-state index in [2.05, 4.69) is 0 Å². The second-order valence-corrected chi connectivity index (χ2v) is 2.99. The fourth-order valence-electron chi connectivity index (χ4n) is 1.07. The molecule has 2 N–H and O–H groups in total. The van der Waals surface area contributed by atoms with Gasteiger partial charge in [0.2, 0.25) is 5.91 Å². The van der Waals surface area contributed by atoms with Crippen LogP contribution in [0.4, 0.5) is 0 Å². The number of rotatable bonds is 3. The van der Waals surface area contributed by atoms with Gasteiger partial charge in [-0.1, -0.05) is 51.1 Å². The number of carbonyl (C=O) groups is 1. The number of amides is 1. The van der Waals surface area contributed by atoms with Crippen LogP contribution in [0.5, 0.6) is 0 Å². The summed E-state index contributed by atoms with van der Waals surface area (Å²) >= 11 is 0. The zero-order valence-corrected chi connectivity index (χ0v) is 9.16. The standard InChI is InChI=1S/C10H13NO.C2H6.H2/c1-8(10(11)12)7-9-5-3-2-4-6-9;1-2;/h2-6,8H,7H2,1H3,(H2,11,12);1-2H3;1H/t8-;;/m0../s1. The van der Waals surface area contributed by atoms with Gasteiger partial charge in [-0.25, -0.2) is 0 Å². The maximum Gasteiger partial charge on any atom is 0.220 e. The maximum atomic E-state index is 10.7. The maximum absolute atomic E-state index is 10.7. The van der Waals surface area contributed by atoms with Crippen molar-refractivity contribution in [2.75, 3.05) is 0 Å². The summed E-state index contributed by atoms with van der Waals surface area (Å²) in [5.41, 5.74) is 6.30. The third kappa shape index (κ3) is 4.65. The van der Waals surface area contributed by atoms with E-state index in [1.54, 1.807) is 0 Å². The van der Waals surface area contributed by atoms with Crippen molar-refractivity contribution in [2.24, 2.45) is 11.7 Å². The van der Waals surface area contributed by atoms with E-state index >= 15 is 0 Å². The zero-order chi connectivity index (χ0) is 11.0. The van der Waals surface area contributed by atoms with Crippen molar-refractivity contribution in [3.63, 3.8) is 0 Å². The van der Waals surface area contributed by atoms with Crippen molar-refractivity contribution < 1.29 is 6.22 Å². The topological polar surface area (TPSA) is 43.1 Å². The molecule has 0 aliphatic rings. The molecule has 1 aromatic rings. The Morgan fingerprint density at radius 3 is 2.29 bits per heavy atom. The number of hydrogen-bond donors (Lipinski definition) is 1. The number of carbonyl (C=O) groups excluding carboxylic acids is 1. The van der Waals surface area contributed by atoms with Crippen molar-refractivity contribution in [3.8, 4) is 0 Å². The summed E-state index contributed by atoms with van der Waals surface area (Å²) in [5.74, 6) is -0.314. The molecule has 80 valence electrons. The number of primary amides is 1. The molecule has 1 atom stereocenters. The van der Waals surface area contributed by atoms with Gasteiger partial charge in [0.15, 0.2) is 0 Å². The van der Waals surface area contributed by atoms with Crippen molar-refractivity contribution in [2.45, 2.75) is 27.2 Å². The van der Waals surface area contributed by atoms with Crippen molar-refractivity contribution >= 4 is 5.91 Å². The molecule has 1 aromatic carbocycles. The average molecular weight is 195 g/mol. The van der Waals surface area contributed by atoms with Gasteiger partial charge in [0.1, 0.15) is 0 Å². The molecule has 0 unspecified atom stereocenters. The van der Waals surface area contributed by atoms with Crippen LogP contribution in [-0.4, -0.2) is 5.91 Å². The molecule has 0 heterocycles. The van der Waals surface area contributed by atoms with Gasteiger partial charge in [-0.2, -0.15) is 0 Å². The molecule has 2 heteroatoms. The van der Waals surface area contributed by atoms with Gasteiger partial charge in [0.05, 0.1) is 0 Å². The van der Waals surface area contributed by atoms with Crippen LogP contribution in [0.15, 0.2) is 30.3 Å². The van der Waals surface area contributed by atoms with E-state index in [-0.39, 0.29) is 13.3 Å². The molecule has 0 saturated heterocycles. The van der Waals surface area contributed by atoms with Crippen LogP contribution in [-0.2, 0) is 11.2 Å². The van der Waals surface area contributed by atoms with Gasteiger partial charge in [0, 0.05) is 7.34 Å². The minimum absolute atomic E-state index is 0. The molecule has 0 bridgehead atoms. The Kier molecular flexibility index (Phi) is 6.46. The number of nitrogens with two attached hydrogens (primary N) is 1. The highest BCUT2D eigenvalue weighted by atomic mass is 16.1. The lowest BCUT2D eigenvalue weighted by Gasteiger charge is -2.05. The largest absolute Gasteiger partial charge is 0.369 e. The van der Waals surface area contributed by atoms with Crippen LogP contribution >= 0.6 is 0 Å². The fourth-order valence-corrected chi connectivity index (χ4v) is 1.07. The molecule has 0 aliphatic heterocycles. The van der Waals surface area contributed by atoms with E-state index in [4.69, 9.17) is 5.73 Å². The van der Waals surface area contributed by atoms with Crippen LogP contribution in [0.1, 0.15) is 27.8 Å². The van der Waals surface area contributed by atoms with Gasteiger partial charge in [-0.3, -0.25) is 4.79 Å². The lowest BCUT2D eigenvalue weighted by Crippen LogP contribution is -2.22. The smallest absolute Gasteiger partial charge is 0.220 e. The van der Waals surface area contributed by atoms with E-state index in [0.717, 1.165) is 12.0 Å². The Hall–Kier alpha value is -1.31. The normalized spacial score (nSPS) is 11.1. The molecule has 2 nitrogen and oxygen atoms in total. The molecular weight excluding hydrogens is 174 g/mol. The third-order valence-electron chi connectivity index (χ3n) is 1.87. The molecule has 1 amide bonds. The molecule has 0 aromatic heterocycles. The summed E-state index contributed by atoms with van der Waals surface area (Å²) in [6.45, 7) is 5.84. The molecule has 0 aliphatic carbocycles. The molecule has 14 heavy (non-hydrogen) atoms. The lowest BCUT2D eigenvalue weighted by molar-refractivity contribution is -0.121. The van der Waals surface area contributed by atoms with Gasteiger partial charge < -0.3 is 5.73 Å². The van der Waals surface area contributed by atoms with E-state index in [1.807, 2.05) is 51.1 Å². The van der Waals surface area contributed by atoms with Crippen LogP contribution in [0.2, 0.25) is 0 Å². The highest BCUT2D eigenvalue weighted by Gasteiger charge is 2.08. The summed E-state index contributed by atoms with van der Waals surface area (Å²) in [4.78, 5) is 10.7. The Morgan fingerprint density at radius 1 is 1.36 bits per heavy atom. The van der Waals surface area contributed by atoms with Crippen LogP contribution < -0.4 is 5.73 Å². The monoisotopic (exact) mass is 195 g/mol. The Bertz CT molecular complexity index is 262. The minimum atomic E-state index is -0.237. The molecule has 1 rings (SSSR count). The highest BCUT2D eigenvalue weighted by Crippen LogP contribution is 2.06. The molecule has 0 saturated carbocycles. The second kappa shape index (κ2) is 7.13. The predicted molar refractivity (Wildman–Crippen MR) is 62.0 cm³/mol. The van der Waals surface area contributed by atoms with E-state index < -0.39 is 0 Å². The molecular formula is C12H21NO. The first-order valence-electron chi connectivity index (χ1n) is 5.03. The van der Waals surface area contributed by atoms with Gasteiger partial charge in [0.25, 0.3) is 0 Å². The zero-order valence-electron chi connectivity index (χ0n) is 9.16. The first-order chi connectivity index (χ1) is 6.70. The Balaban J connectivity index is 0. The second-order valence-electron chi connectivity index (χ2n) is 2.99. The Morgan fingerprint density at radius 2 is 1.86 bits per heavy atom. The first kappa shape index (κ1) is 12.7.